The zero-order chi connectivity index (χ0) is 12.4. The summed E-state index contributed by atoms with van der Waals surface area (Å²) in [6.45, 7) is 8.94. The third kappa shape index (κ3) is 6.84. The molecule has 0 aromatic heterocycles. The lowest BCUT2D eigenvalue weighted by Crippen LogP contribution is -2.01. The predicted molar refractivity (Wildman–Crippen MR) is 72.5 cm³/mol. The van der Waals surface area contributed by atoms with E-state index < -0.39 is 0 Å². The zero-order valence-electron chi connectivity index (χ0n) is 11.4. The SMILES string of the molecule is C/C=C(\CC)CC/C=C(\CC)C[C@H](C)CO. The Bertz CT molecular complexity index is 226. The summed E-state index contributed by atoms with van der Waals surface area (Å²) in [7, 11) is 0. The Morgan fingerprint density at radius 1 is 1.19 bits per heavy atom. The maximum Gasteiger partial charge on any atom is 0.0459 e. The Hall–Kier alpha value is -0.560. The lowest BCUT2D eigenvalue weighted by atomic mass is 9.98. The molecule has 1 N–H and O–H groups in total. The molecule has 1 nitrogen and oxygen atoms in total. The van der Waals surface area contributed by atoms with Gasteiger partial charge < -0.3 is 5.11 Å². The fourth-order valence-electron chi connectivity index (χ4n) is 1.87. The van der Waals surface area contributed by atoms with Crippen molar-refractivity contribution in [2.75, 3.05) is 6.61 Å². The Labute approximate surface area is 101 Å². The highest BCUT2D eigenvalue weighted by atomic mass is 16.3. The van der Waals surface area contributed by atoms with Gasteiger partial charge in [0.2, 0.25) is 0 Å². The van der Waals surface area contributed by atoms with E-state index >= 15 is 0 Å². The molecule has 94 valence electrons. The van der Waals surface area contributed by atoms with Gasteiger partial charge in [-0.1, -0.05) is 44.1 Å². The molecular formula is C15H28O. The molecule has 1 atom stereocenters. The van der Waals surface area contributed by atoms with Crippen LogP contribution in [0.3, 0.4) is 0 Å². The fourth-order valence-corrected chi connectivity index (χ4v) is 1.87. The van der Waals surface area contributed by atoms with Crippen LogP contribution in [-0.4, -0.2) is 11.7 Å². The van der Waals surface area contributed by atoms with Crippen LogP contribution < -0.4 is 0 Å². The van der Waals surface area contributed by atoms with Crippen molar-refractivity contribution in [3.05, 3.63) is 23.3 Å². The van der Waals surface area contributed by atoms with Crippen LogP contribution in [-0.2, 0) is 0 Å². The Kier molecular flexibility index (Phi) is 9.31. The topological polar surface area (TPSA) is 20.2 Å². The molecule has 0 bridgehead atoms. The van der Waals surface area contributed by atoms with E-state index in [1.165, 1.54) is 18.4 Å². The van der Waals surface area contributed by atoms with Crippen LogP contribution in [0, 0.1) is 5.92 Å². The predicted octanol–water partition coefficient (Wildman–Crippen LogP) is 4.48. The maximum atomic E-state index is 9.03. The van der Waals surface area contributed by atoms with Crippen molar-refractivity contribution in [3.8, 4) is 0 Å². The van der Waals surface area contributed by atoms with E-state index in [4.69, 9.17) is 5.11 Å². The van der Waals surface area contributed by atoms with Crippen LogP contribution >= 0.6 is 0 Å². The monoisotopic (exact) mass is 224 g/mol. The zero-order valence-corrected chi connectivity index (χ0v) is 11.4. The molecule has 16 heavy (non-hydrogen) atoms. The van der Waals surface area contributed by atoms with Gasteiger partial charge in [0.25, 0.3) is 0 Å². The number of hydrogen-bond acceptors (Lipinski definition) is 1. The van der Waals surface area contributed by atoms with Crippen molar-refractivity contribution in [3.63, 3.8) is 0 Å². The molecule has 0 spiro atoms. The van der Waals surface area contributed by atoms with Crippen molar-refractivity contribution < 1.29 is 5.11 Å². The molecule has 0 rings (SSSR count). The van der Waals surface area contributed by atoms with Crippen LogP contribution in [0.2, 0.25) is 0 Å². The smallest absolute Gasteiger partial charge is 0.0459 e. The maximum absolute atomic E-state index is 9.03. The molecule has 0 saturated heterocycles. The van der Waals surface area contributed by atoms with Gasteiger partial charge in [0.1, 0.15) is 0 Å². The van der Waals surface area contributed by atoms with E-state index in [9.17, 15) is 0 Å². The van der Waals surface area contributed by atoms with Crippen LogP contribution in [0.1, 0.15) is 59.8 Å². The first kappa shape index (κ1) is 15.4. The fraction of sp³-hybridized carbons (Fsp3) is 0.733. The van der Waals surface area contributed by atoms with Crippen LogP contribution in [0.5, 0.6) is 0 Å². The molecule has 0 aliphatic heterocycles. The molecular weight excluding hydrogens is 196 g/mol. The minimum Gasteiger partial charge on any atom is -0.396 e. The molecule has 0 amide bonds. The third-order valence-corrected chi connectivity index (χ3v) is 3.14. The summed E-state index contributed by atoms with van der Waals surface area (Å²) >= 11 is 0. The van der Waals surface area contributed by atoms with E-state index in [1.807, 2.05) is 0 Å². The first-order valence-electron chi connectivity index (χ1n) is 6.60. The van der Waals surface area contributed by atoms with Gasteiger partial charge in [-0.2, -0.15) is 0 Å². The van der Waals surface area contributed by atoms with Gasteiger partial charge in [-0.05, 0) is 44.9 Å². The molecule has 0 heterocycles. The summed E-state index contributed by atoms with van der Waals surface area (Å²) in [5.74, 6) is 0.401. The Morgan fingerprint density at radius 3 is 2.25 bits per heavy atom. The van der Waals surface area contributed by atoms with Gasteiger partial charge in [0, 0.05) is 6.61 Å². The van der Waals surface area contributed by atoms with Gasteiger partial charge in [-0.3, -0.25) is 0 Å². The van der Waals surface area contributed by atoms with Gasteiger partial charge in [-0.15, -0.1) is 0 Å². The first-order chi connectivity index (χ1) is 7.67. The van der Waals surface area contributed by atoms with Crippen molar-refractivity contribution in [2.45, 2.75) is 59.8 Å². The highest BCUT2D eigenvalue weighted by Gasteiger charge is 2.02. The van der Waals surface area contributed by atoms with Crippen molar-refractivity contribution in [1.82, 2.24) is 0 Å². The summed E-state index contributed by atoms with van der Waals surface area (Å²) < 4.78 is 0. The van der Waals surface area contributed by atoms with Crippen molar-refractivity contribution >= 4 is 0 Å². The van der Waals surface area contributed by atoms with Crippen LogP contribution in [0.4, 0.5) is 0 Å². The highest BCUT2D eigenvalue weighted by molar-refractivity contribution is 5.06. The lowest BCUT2D eigenvalue weighted by molar-refractivity contribution is 0.236. The molecule has 0 aliphatic carbocycles. The van der Waals surface area contributed by atoms with Crippen molar-refractivity contribution in [2.24, 2.45) is 5.92 Å². The molecule has 0 saturated carbocycles. The number of aliphatic hydroxyl groups excluding tert-OH is 1. The van der Waals surface area contributed by atoms with E-state index in [2.05, 4.69) is 39.8 Å². The minimum absolute atomic E-state index is 0.298. The molecule has 0 aromatic rings. The number of rotatable bonds is 8. The summed E-state index contributed by atoms with van der Waals surface area (Å²) in [4.78, 5) is 0. The molecule has 0 aliphatic rings. The van der Waals surface area contributed by atoms with E-state index in [0.717, 1.165) is 19.3 Å². The first-order valence-corrected chi connectivity index (χ1v) is 6.60. The number of hydrogen-bond donors (Lipinski definition) is 1. The standard InChI is InChI=1S/C15H28O/c1-5-14(6-2)9-8-10-15(7-3)11-13(4)12-16/h5,10,13,16H,6-9,11-12H2,1-4H3/b14-5+,15-10+/t13-/m0/s1. The summed E-state index contributed by atoms with van der Waals surface area (Å²) in [6.07, 6.45) is 10.3. The quantitative estimate of drug-likeness (QED) is 0.603. The van der Waals surface area contributed by atoms with Crippen LogP contribution in [0.15, 0.2) is 23.3 Å². The molecule has 0 aromatic carbocycles. The van der Waals surface area contributed by atoms with Gasteiger partial charge in [-0.25, -0.2) is 0 Å². The molecule has 1 heteroatoms. The van der Waals surface area contributed by atoms with E-state index in [-0.39, 0.29) is 0 Å². The summed E-state index contributed by atoms with van der Waals surface area (Å²) in [5, 5.41) is 9.03. The second-order valence-corrected chi connectivity index (χ2v) is 4.55. The second kappa shape index (κ2) is 9.65. The minimum atomic E-state index is 0.298. The summed E-state index contributed by atoms with van der Waals surface area (Å²) in [6, 6.07) is 0. The molecule has 0 unspecified atom stereocenters. The number of allylic oxidation sites excluding steroid dienone is 4. The lowest BCUT2D eigenvalue weighted by Gasteiger charge is -2.10. The Morgan fingerprint density at radius 2 is 1.81 bits per heavy atom. The van der Waals surface area contributed by atoms with Crippen molar-refractivity contribution in [1.29, 1.82) is 0 Å². The van der Waals surface area contributed by atoms with Crippen LogP contribution in [0.25, 0.3) is 0 Å². The van der Waals surface area contributed by atoms with E-state index in [1.54, 1.807) is 5.57 Å². The second-order valence-electron chi connectivity index (χ2n) is 4.55. The number of aliphatic hydroxyl groups is 1. The molecule has 0 fully saturated rings. The summed E-state index contributed by atoms with van der Waals surface area (Å²) in [5.41, 5.74) is 3.04. The Balaban J connectivity index is 4.07. The average Bonchev–Trinajstić information content (AvgIpc) is 2.32. The molecule has 0 radical (unpaired) electrons. The third-order valence-electron chi connectivity index (χ3n) is 3.14. The highest BCUT2D eigenvalue weighted by Crippen LogP contribution is 2.17. The van der Waals surface area contributed by atoms with Gasteiger partial charge in [0.15, 0.2) is 0 Å². The normalized spacial score (nSPS) is 15.3. The largest absolute Gasteiger partial charge is 0.396 e. The van der Waals surface area contributed by atoms with E-state index in [0.29, 0.717) is 12.5 Å². The average molecular weight is 224 g/mol. The van der Waals surface area contributed by atoms with Gasteiger partial charge in [0.05, 0.1) is 0 Å². The van der Waals surface area contributed by atoms with Gasteiger partial charge >= 0.3 is 0 Å².